The summed E-state index contributed by atoms with van der Waals surface area (Å²) in [6.07, 6.45) is 2.80. The van der Waals surface area contributed by atoms with Crippen LogP contribution >= 0.6 is 0 Å². The van der Waals surface area contributed by atoms with Crippen LogP contribution in [0.1, 0.15) is 32.0 Å². The number of anilines is 2. The number of nitrogens with zero attached hydrogens (tertiary/aromatic N) is 5. The van der Waals surface area contributed by atoms with E-state index in [0.29, 0.717) is 24.9 Å². The predicted molar refractivity (Wildman–Crippen MR) is 99.0 cm³/mol. The lowest BCUT2D eigenvalue weighted by Crippen LogP contribution is -2.50. The monoisotopic (exact) mass is 342 g/mol. The number of piperazine rings is 1. The quantitative estimate of drug-likeness (QED) is 0.928. The van der Waals surface area contributed by atoms with E-state index in [-0.39, 0.29) is 6.03 Å². The summed E-state index contributed by atoms with van der Waals surface area (Å²) < 4.78 is 1.97. The number of carbonyl (C=O) groups is 1. The van der Waals surface area contributed by atoms with Crippen molar-refractivity contribution in [1.29, 1.82) is 0 Å². The van der Waals surface area contributed by atoms with Crippen LogP contribution in [-0.4, -0.2) is 51.9 Å². The molecule has 7 heteroatoms. The van der Waals surface area contributed by atoms with Gasteiger partial charge in [0.25, 0.3) is 0 Å². The fourth-order valence-electron chi connectivity index (χ4n) is 3.04. The van der Waals surface area contributed by atoms with Crippen molar-refractivity contribution in [2.24, 2.45) is 0 Å². The molecule has 25 heavy (non-hydrogen) atoms. The van der Waals surface area contributed by atoms with Crippen LogP contribution in [0.25, 0.3) is 0 Å². The van der Waals surface area contributed by atoms with E-state index < -0.39 is 0 Å². The number of hydrogen-bond acceptors (Lipinski definition) is 4. The summed E-state index contributed by atoms with van der Waals surface area (Å²) in [7, 11) is 0. The maximum Gasteiger partial charge on any atom is 0.323 e. The molecule has 0 saturated carbocycles. The number of rotatable bonds is 4. The van der Waals surface area contributed by atoms with Crippen molar-refractivity contribution in [2.75, 3.05) is 36.4 Å². The molecule has 1 fully saturated rings. The molecule has 0 aromatic carbocycles. The second kappa shape index (κ2) is 7.55. The Balaban J connectivity index is 1.56. The Hall–Kier alpha value is -2.57. The summed E-state index contributed by atoms with van der Waals surface area (Å²) in [6.45, 7) is 9.18. The van der Waals surface area contributed by atoms with Crippen molar-refractivity contribution in [2.45, 2.75) is 33.2 Å². The maximum atomic E-state index is 12.5. The average Bonchev–Trinajstić information content (AvgIpc) is 3.02. The third-order valence-corrected chi connectivity index (χ3v) is 4.71. The number of pyridine rings is 1. The number of aryl methyl sites for hydroxylation is 1. The first-order chi connectivity index (χ1) is 12.1. The highest BCUT2D eigenvalue weighted by molar-refractivity contribution is 5.88. The number of nitrogens with one attached hydrogen (secondary N) is 1. The van der Waals surface area contributed by atoms with E-state index >= 15 is 0 Å². The van der Waals surface area contributed by atoms with Gasteiger partial charge in [0.05, 0.1) is 0 Å². The van der Waals surface area contributed by atoms with Gasteiger partial charge in [-0.15, -0.1) is 0 Å². The molecular formula is C18H26N6O. The molecule has 3 heterocycles. The van der Waals surface area contributed by atoms with Crippen LogP contribution in [0.15, 0.2) is 30.5 Å². The highest BCUT2D eigenvalue weighted by atomic mass is 16.2. The summed E-state index contributed by atoms with van der Waals surface area (Å²) in [5.74, 6) is 1.58. The largest absolute Gasteiger partial charge is 0.353 e. The minimum atomic E-state index is -0.0885. The molecule has 1 unspecified atom stereocenters. The lowest BCUT2D eigenvalue weighted by Gasteiger charge is -2.35. The van der Waals surface area contributed by atoms with Gasteiger partial charge < -0.3 is 9.80 Å². The molecule has 0 radical (unpaired) electrons. The van der Waals surface area contributed by atoms with E-state index in [4.69, 9.17) is 0 Å². The molecule has 0 spiro atoms. The van der Waals surface area contributed by atoms with Crippen molar-refractivity contribution < 1.29 is 4.79 Å². The van der Waals surface area contributed by atoms with E-state index in [1.54, 1.807) is 6.20 Å². The van der Waals surface area contributed by atoms with Gasteiger partial charge in [0.2, 0.25) is 0 Å². The van der Waals surface area contributed by atoms with Crippen LogP contribution in [-0.2, 0) is 0 Å². The predicted octanol–water partition coefficient (Wildman–Crippen LogP) is 2.91. The molecular weight excluding hydrogens is 316 g/mol. The molecule has 0 aliphatic carbocycles. The van der Waals surface area contributed by atoms with Crippen LogP contribution < -0.4 is 10.2 Å². The first-order valence-corrected chi connectivity index (χ1v) is 8.86. The molecule has 134 valence electrons. The average molecular weight is 342 g/mol. The Morgan fingerprint density at radius 1 is 1.28 bits per heavy atom. The first kappa shape index (κ1) is 17.3. The Bertz CT molecular complexity index is 706. The molecule has 2 aromatic rings. The minimum absolute atomic E-state index is 0.0885. The van der Waals surface area contributed by atoms with Crippen molar-refractivity contribution >= 4 is 17.7 Å². The van der Waals surface area contributed by atoms with E-state index in [2.05, 4.69) is 34.1 Å². The zero-order valence-electron chi connectivity index (χ0n) is 15.1. The van der Waals surface area contributed by atoms with Crippen LogP contribution in [0.3, 0.4) is 0 Å². The zero-order valence-corrected chi connectivity index (χ0v) is 15.1. The summed E-state index contributed by atoms with van der Waals surface area (Å²) in [5.41, 5.74) is 1.06. The number of hydrogen-bond donors (Lipinski definition) is 1. The van der Waals surface area contributed by atoms with Gasteiger partial charge in [-0.1, -0.05) is 13.0 Å². The molecule has 1 aliphatic heterocycles. The topological polar surface area (TPSA) is 66.3 Å². The lowest BCUT2D eigenvalue weighted by molar-refractivity contribution is 0.208. The van der Waals surface area contributed by atoms with Crippen molar-refractivity contribution in [3.63, 3.8) is 0 Å². The van der Waals surface area contributed by atoms with Gasteiger partial charge in [0, 0.05) is 50.2 Å². The zero-order chi connectivity index (χ0) is 17.8. The Morgan fingerprint density at radius 3 is 2.68 bits per heavy atom. The van der Waals surface area contributed by atoms with Crippen molar-refractivity contribution in [3.8, 4) is 0 Å². The SMILES string of the molecule is CCC(C)n1nc(NC(=O)N2CCN(c3ccccn3)CC2)cc1C. The smallest absolute Gasteiger partial charge is 0.323 e. The Morgan fingerprint density at radius 2 is 2.04 bits per heavy atom. The van der Waals surface area contributed by atoms with E-state index in [0.717, 1.165) is 31.0 Å². The second-order valence-electron chi connectivity index (χ2n) is 6.46. The Kier molecular flexibility index (Phi) is 5.21. The number of urea groups is 1. The normalized spacial score (nSPS) is 16.0. The van der Waals surface area contributed by atoms with Gasteiger partial charge in [0.1, 0.15) is 5.82 Å². The van der Waals surface area contributed by atoms with Crippen LogP contribution in [0.2, 0.25) is 0 Å². The van der Waals surface area contributed by atoms with E-state index in [1.165, 1.54) is 0 Å². The fourth-order valence-corrected chi connectivity index (χ4v) is 3.04. The third-order valence-electron chi connectivity index (χ3n) is 4.71. The van der Waals surface area contributed by atoms with Crippen molar-refractivity contribution in [3.05, 3.63) is 36.2 Å². The molecule has 7 nitrogen and oxygen atoms in total. The van der Waals surface area contributed by atoms with Gasteiger partial charge in [0.15, 0.2) is 5.82 Å². The number of amides is 2. The number of aromatic nitrogens is 3. The summed E-state index contributed by atoms with van der Waals surface area (Å²) in [5, 5.41) is 7.44. The van der Waals surface area contributed by atoms with E-state index in [1.807, 2.05) is 40.8 Å². The number of carbonyl (C=O) groups excluding carboxylic acids is 1. The van der Waals surface area contributed by atoms with Gasteiger partial charge in [-0.25, -0.2) is 9.78 Å². The standard InChI is InChI=1S/C18H26N6O/c1-4-14(2)24-15(3)13-16(21-24)20-18(25)23-11-9-22(10-12-23)17-7-5-6-8-19-17/h5-8,13-14H,4,9-12H2,1-3H3,(H,20,21,25). The van der Waals surface area contributed by atoms with Crippen LogP contribution in [0.4, 0.5) is 16.4 Å². The fraction of sp³-hybridized carbons (Fsp3) is 0.500. The van der Waals surface area contributed by atoms with Gasteiger partial charge in [-0.2, -0.15) is 5.10 Å². The molecule has 1 aliphatic rings. The molecule has 1 saturated heterocycles. The van der Waals surface area contributed by atoms with Gasteiger partial charge in [-0.3, -0.25) is 10.00 Å². The minimum Gasteiger partial charge on any atom is -0.353 e. The highest BCUT2D eigenvalue weighted by Crippen LogP contribution is 2.17. The lowest BCUT2D eigenvalue weighted by atomic mass is 10.2. The molecule has 0 bridgehead atoms. The maximum absolute atomic E-state index is 12.5. The van der Waals surface area contributed by atoms with Crippen LogP contribution in [0.5, 0.6) is 0 Å². The molecule has 1 atom stereocenters. The third kappa shape index (κ3) is 3.92. The van der Waals surface area contributed by atoms with Crippen molar-refractivity contribution in [1.82, 2.24) is 19.7 Å². The van der Waals surface area contributed by atoms with Gasteiger partial charge >= 0.3 is 6.03 Å². The molecule has 2 aromatic heterocycles. The summed E-state index contributed by atoms with van der Waals surface area (Å²) in [4.78, 5) is 20.9. The summed E-state index contributed by atoms with van der Waals surface area (Å²) in [6, 6.07) is 8.06. The highest BCUT2D eigenvalue weighted by Gasteiger charge is 2.22. The first-order valence-electron chi connectivity index (χ1n) is 8.86. The van der Waals surface area contributed by atoms with E-state index in [9.17, 15) is 4.79 Å². The summed E-state index contributed by atoms with van der Waals surface area (Å²) >= 11 is 0. The molecule has 1 N–H and O–H groups in total. The Labute approximate surface area is 148 Å². The molecule has 3 rings (SSSR count). The second-order valence-corrected chi connectivity index (χ2v) is 6.46. The van der Waals surface area contributed by atoms with Gasteiger partial charge in [-0.05, 0) is 32.4 Å². The van der Waals surface area contributed by atoms with Crippen LogP contribution in [0, 0.1) is 6.92 Å². The molecule has 2 amide bonds.